The lowest BCUT2D eigenvalue weighted by Crippen LogP contribution is -2.13. The molecule has 0 aromatic heterocycles. The molecule has 0 aliphatic rings. The topological polar surface area (TPSA) is 6.48 Å². The molecule has 1 aromatic rings. The van der Waals surface area contributed by atoms with Gasteiger partial charge in [-0.3, -0.25) is 0 Å². The Bertz CT molecular complexity index is 271. The van der Waals surface area contributed by atoms with Crippen LogP contribution in [-0.2, 0) is 6.54 Å². The maximum atomic E-state index is 2.22. The van der Waals surface area contributed by atoms with Crippen molar-refractivity contribution in [3.05, 3.63) is 29.8 Å². The highest BCUT2D eigenvalue weighted by molar-refractivity contribution is 6.17. The summed E-state index contributed by atoms with van der Waals surface area (Å²) in [4.78, 5) is 4.30. The summed E-state index contributed by atoms with van der Waals surface area (Å²) in [5.41, 5.74) is 2.62. The zero-order chi connectivity index (χ0) is 9.84. The highest BCUT2D eigenvalue weighted by Gasteiger charge is 1.98. The third kappa shape index (κ3) is 3.11. The molecule has 0 fully saturated rings. The third-order valence-corrected chi connectivity index (χ3v) is 1.93. The van der Waals surface area contributed by atoms with Gasteiger partial charge in [0.1, 0.15) is 0 Å². The fourth-order valence-corrected chi connectivity index (χ4v) is 1.30. The summed E-state index contributed by atoms with van der Waals surface area (Å²) in [6, 6.07) is 8.61. The van der Waals surface area contributed by atoms with Crippen molar-refractivity contribution in [1.29, 1.82) is 0 Å². The Balaban J connectivity index is 2.79. The first-order valence-corrected chi connectivity index (χ1v) is 4.50. The van der Waals surface area contributed by atoms with Crippen LogP contribution in [0, 0.1) is 0 Å². The number of rotatable bonds is 3. The molecule has 70 valence electrons. The van der Waals surface area contributed by atoms with Crippen LogP contribution in [-0.4, -0.2) is 34.0 Å². The summed E-state index contributed by atoms with van der Waals surface area (Å²) in [7, 11) is 8.30. The lowest BCUT2D eigenvalue weighted by Gasteiger charge is -2.15. The highest BCUT2D eigenvalue weighted by Crippen LogP contribution is 2.13. The Morgan fingerprint density at radius 3 is 2.46 bits per heavy atom. The molecule has 0 heterocycles. The number of nitrogens with zero attached hydrogens (tertiary/aromatic N) is 2. The van der Waals surface area contributed by atoms with Crippen molar-refractivity contribution in [3.63, 3.8) is 0 Å². The van der Waals surface area contributed by atoms with Gasteiger partial charge < -0.3 is 9.71 Å². The fourth-order valence-electron chi connectivity index (χ4n) is 1.30. The summed E-state index contributed by atoms with van der Waals surface area (Å²) < 4.78 is 0. The second-order valence-electron chi connectivity index (χ2n) is 3.80. The molecule has 0 spiro atoms. The van der Waals surface area contributed by atoms with Gasteiger partial charge in [0.15, 0.2) is 0 Å². The van der Waals surface area contributed by atoms with E-state index < -0.39 is 0 Å². The van der Waals surface area contributed by atoms with Gasteiger partial charge in [-0.05, 0) is 38.8 Å². The summed E-state index contributed by atoms with van der Waals surface area (Å²) in [6.07, 6.45) is 0. The number of hydrogen-bond acceptors (Lipinski definition) is 2. The van der Waals surface area contributed by atoms with Crippen molar-refractivity contribution in [2.24, 2.45) is 0 Å². The Morgan fingerprint density at radius 2 is 1.92 bits per heavy atom. The predicted octanol–water partition coefficient (Wildman–Crippen LogP) is 0.732. The van der Waals surface area contributed by atoms with E-state index in [2.05, 4.69) is 63.1 Å². The van der Waals surface area contributed by atoms with Gasteiger partial charge in [-0.15, -0.1) is 0 Å². The van der Waals surface area contributed by atoms with Crippen LogP contribution in [0.4, 0.5) is 5.69 Å². The second-order valence-corrected chi connectivity index (χ2v) is 3.80. The van der Waals surface area contributed by atoms with E-state index in [1.54, 1.807) is 0 Å². The quantitative estimate of drug-likeness (QED) is 0.626. The van der Waals surface area contributed by atoms with Crippen LogP contribution >= 0.6 is 0 Å². The molecule has 2 nitrogen and oxygen atoms in total. The van der Waals surface area contributed by atoms with Gasteiger partial charge in [-0.2, -0.15) is 0 Å². The number of anilines is 1. The zero-order valence-corrected chi connectivity index (χ0v) is 8.91. The Morgan fingerprint density at radius 1 is 1.23 bits per heavy atom. The van der Waals surface area contributed by atoms with Gasteiger partial charge in [0.05, 0.1) is 0 Å². The van der Waals surface area contributed by atoms with E-state index in [1.807, 2.05) is 0 Å². The summed E-state index contributed by atoms with van der Waals surface area (Å²) in [5.74, 6) is 0. The van der Waals surface area contributed by atoms with E-state index in [1.165, 1.54) is 11.3 Å². The van der Waals surface area contributed by atoms with Gasteiger partial charge in [-0.1, -0.05) is 12.1 Å². The predicted molar refractivity (Wildman–Crippen MR) is 60.8 cm³/mol. The zero-order valence-electron chi connectivity index (χ0n) is 8.91. The number of hydrogen-bond donors (Lipinski definition) is 0. The van der Waals surface area contributed by atoms with Gasteiger partial charge in [0, 0.05) is 12.2 Å². The molecule has 0 unspecified atom stereocenters. The molecule has 0 N–H and O–H groups in total. The summed E-state index contributed by atoms with van der Waals surface area (Å²) >= 11 is 0. The SMILES string of the molecule is BN(C)c1cccc(CN(C)C)c1. The van der Waals surface area contributed by atoms with Gasteiger partial charge in [0.25, 0.3) is 0 Å². The summed E-state index contributed by atoms with van der Waals surface area (Å²) in [5, 5.41) is 0. The minimum Gasteiger partial charge on any atom is -0.424 e. The van der Waals surface area contributed by atoms with Crippen molar-refractivity contribution >= 4 is 13.7 Å². The molecule has 1 rings (SSSR count). The largest absolute Gasteiger partial charge is 0.424 e. The van der Waals surface area contributed by atoms with Crippen molar-refractivity contribution in [3.8, 4) is 0 Å². The molecule has 3 heteroatoms. The Kier molecular flexibility index (Phi) is 3.37. The van der Waals surface area contributed by atoms with Crippen LogP contribution in [0.5, 0.6) is 0 Å². The van der Waals surface area contributed by atoms with E-state index in [0.29, 0.717) is 0 Å². The Hall–Kier alpha value is -0.955. The first kappa shape index (κ1) is 10.1. The van der Waals surface area contributed by atoms with E-state index >= 15 is 0 Å². The average Bonchev–Trinajstić information content (AvgIpc) is 2.03. The van der Waals surface area contributed by atoms with Crippen LogP contribution in [0.25, 0.3) is 0 Å². The maximum Gasteiger partial charge on any atom is 0.217 e. The normalized spacial score (nSPS) is 10.5. The molecule has 0 atom stereocenters. The average molecular weight is 176 g/mol. The third-order valence-electron chi connectivity index (χ3n) is 1.93. The van der Waals surface area contributed by atoms with E-state index in [0.717, 1.165) is 6.54 Å². The molecule has 0 saturated heterocycles. The van der Waals surface area contributed by atoms with Gasteiger partial charge in [-0.25, -0.2) is 0 Å². The molecule has 0 radical (unpaired) electrons. The van der Waals surface area contributed by atoms with Gasteiger partial charge >= 0.3 is 0 Å². The van der Waals surface area contributed by atoms with Crippen LogP contribution in [0.15, 0.2) is 24.3 Å². The molecule has 0 aliphatic heterocycles. The summed E-state index contributed by atoms with van der Waals surface area (Å²) in [6.45, 7) is 1.00. The van der Waals surface area contributed by atoms with Crippen molar-refractivity contribution in [1.82, 2.24) is 4.90 Å². The molecule has 1 aromatic carbocycles. The molecular weight excluding hydrogens is 159 g/mol. The van der Waals surface area contributed by atoms with Crippen LogP contribution < -0.4 is 4.81 Å². The first-order valence-electron chi connectivity index (χ1n) is 4.50. The molecule has 13 heavy (non-hydrogen) atoms. The van der Waals surface area contributed by atoms with E-state index in [9.17, 15) is 0 Å². The van der Waals surface area contributed by atoms with Crippen LogP contribution in [0.3, 0.4) is 0 Å². The molecule has 0 amide bonds. The second kappa shape index (κ2) is 4.33. The maximum absolute atomic E-state index is 2.22. The molecule has 0 aliphatic carbocycles. The van der Waals surface area contributed by atoms with Crippen molar-refractivity contribution in [2.45, 2.75) is 6.54 Å². The van der Waals surface area contributed by atoms with Crippen molar-refractivity contribution < 1.29 is 0 Å². The van der Waals surface area contributed by atoms with E-state index in [4.69, 9.17) is 0 Å². The molecule has 0 bridgehead atoms. The minimum atomic E-state index is 1.00. The first-order chi connectivity index (χ1) is 6.09. The van der Waals surface area contributed by atoms with Crippen LogP contribution in [0.1, 0.15) is 5.56 Å². The highest BCUT2D eigenvalue weighted by atomic mass is 15.0. The van der Waals surface area contributed by atoms with Gasteiger partial charge in [0.2, 0.25) is 7.98 Å². The standard InChI is InChI=1S/C10H17BN2/c1-12(2)8-9-5-4-6-10(7-9)13(3)11/h4-7H,8,11H2,1-3H3. The lowest BCUT2D eigenvalue weighted by molar-refractivity contribution is 0.402. The smallest absolute Gasteiger partial charge is 0.217 e. The lowest BCUT2D eigenvalue weighted by atomic mass is 10.1. The van der Waals surface area contributed by atoms with Crippen molar-refractivity contribution in [2.75, 3.05) is 26.0 Å². The monoisotopic (exact) mass is 176 g/mol. The minimum absolute atomic E-state index is 1.00. The molecule has 0 saturated carbocycles. The fraction of sp³-hybridized carbons (Fsp3) is 0.400. The van der Waals surface area contributed by atoms with Crippen LogP contribution in [0.2, 0.25) is 0 Å². The van der Waals surface area contributed by atoms with E-state index in [-0.39, 0.29) is 0 Å². The number of benzene rings is 1. The Labute approximate surface area is 81.6 Å². The molecular formula is C10H17BN2.